The van der Waals surface area contributed by atoms with E-state index in [0.29, 0.717) is 29.8 Å². The van der Waals surface area contributed by atoms with Crippen LogP contribution in [0.25, 0.3) is 0 Å². The second-order valence-electron chi connectivity index (χ2n) is 6.84. The summed E-state index contributed by atoms with van der Waals surface area (Å²) < 4.78 is 8.16. The van der Waals surface area contributed by atoms with Gasteiger partial charge in [0.05, 0.1) is 18.1 Å². The number of imidazole rings is 1. The Morgan fingerprint density at radius 3 is 2.63 bits per heavy atom. The van der Waals surface area contributed by atoms with E-state index in [1.54, 1.807) is 7.05 Å². The lowest BCUT2D eigenvalue weighted by Gasteiger charge is -2.20. The van der Waals surface area contributed by atoms with Crippen LogP contribution in [0.15, 0.2) is 72.0 Å². The fourth-order valence-corrected chi connectivity index (χ4v) is 3.19. The molecule has 1 heterocycles. The Labute approximate surface area is 183 Å². The Hall–Kier alpha value is -2.99. The molecule has 6 nitrogen and oxygen atoms in total. The number of aromatic nitrogens is 2. The standard InChI is InChI=1S/C23H28ClN5O/c1-3-19(30-21-12-8-7-11-20(21)24)15-27-23(25-2)28-16-22-26-13-14-29(22)17-18-9-5-4-6-10-18/h4-14,19H,3,15-17H2,1-2H3,(H2,25,27,28). The zero-order valence-corrected chi connectivity index (χ0v) is 18.1. The van der Waals surface area contributed by atoms with Gasteiger partial charge in [-0.15, -0.1) is 0 Å². The first-order valence-electron chi connectivity index (χ1n) is 10.1. The van der Waals surface area contributed by atoms with Gasteiger partial charge in [-0.3, -0.25) is 4.99 Å². The maximum atomic E-state index is 6.20. The first kappa shape index (κ1) is 21.7. The zero-order valence-electron chi connectivity index (χ0n) is 17.4. The molecule has 0 spiro atoms. The van der Waals surface area contributed by atoms with Crippen LogP contribution in [-0.4, -0.2) is 35.2 Å². The van der Waals surface area contributed by atoms with Crippen molar-refractivity contribution in [1.29, 1.82) is 0 Å². The number of nitrogens with zero attached hydrogens (tertiary/aromatic N) is 3. The van der Waals surface area contributed by atoms with Crippen molar-refractivity contribution in [2.24, 2.45) is 4.99 Å². The van der Waals surface area contributed by atoms with Gasteiger partial charge in [-0.1, -0.05) is 61.0 Å². The van der Waals surface area contributed by atoms with Gasteiger partial charge in [-0.25, -0.2) is 4.98 Å². The molecule has 0 amide bonds. The summed E-state index contributed by atoms with van der Waals surface area (Å²) in [5.41, 5.74) is 1.24. The maximum absolute atomic E-state index is 6.20. The molecule has 0 saturated carbocycles. The molecule has 1 aromatic heterocycles. The van der Waals surface area contributed by atoms with Gasteiger partial charge < -0.3 is 19.9 Å². The number of nitrogens with one attached hydrogen (secondary N) is 2. The molecule has 30 heavy (non-hydrogen) atoms. The summed E-state index contributed by atoms with van der Waals surface area (Å²) in [6.45, 7) is 4.05. The molecule has 2 aromatic carbocycles. The molecule has 0 bridgehead atoms. The third kappa shape index (κ3) is 6.26. The Bertz CT molecular complexity index is 942. The molecule has 3 rings (SSSR count). The van der Waals surface area contributed by atoms with Gasteiger partial charge >= 0.3 is 0 Å². The van der Waals surface area contributed by atoms with Crippen molar-refractivity contribution in [3.8, 4) is 5.75 Å². The van der Waals surface area contributed by atoms with E-state index >= 15 is 0 Å². The van der Waals surface area contributed by atoms with E-state index in [0.717, 1.165) is 18.8 Å². The van der Waals surface area contributed by atoms with Crippen molar-refractivity contribution in [2.75, 3.05) is 13.6 Å². The number of halogens is 1. The number of hydrogen-bond acceptors (Lipinski definition) is 3. The number of rotatable bonds is 9. The lowest BCUT2D eigenvalue weighted by atomic mass is 10.2. The van der Waals surface area contributed by atoms with Crippen molar-refractivity contribution in [2.45, 2.75) is 32.5 Å². The number of guanidine groups is 1. The maximum Gasteiger partial charge on any atom is 0.191 e. The Morgan fingerprint density at radius 1 is 1.13 bits per heavy atom. The smallest absolute Gasteiger partial charge is 0.191 e. The van der Waals surface area contributed by atoms with E-state index in [4.69, 9.17) is 16.3 Å². The monoisotopic (exact) mass is 425 g/mol. The minimum absolute atomic E-state index is 0.0245. The predicted octanol–water partition coefficient (Wildman–Crippen LogP) is 4.11. The summed E-state index contributed by atoms with van der Waals surface area (Å²) in [6.07, 6.45) is 4.63. The number of hydrogen-bond donors (Lipinski definition) is 2. The highest BCUT2D eigenvalue weighted by Gasteiger charge is 2.12. The third-order valence-corrected chi connectivity index (χ3v) is 5.03. The normalized spacial score (nSPS) is 12.4. The van der Waals surface area contributed by atoms with E-state index in [1.807, 2.05) is 54.9 Å². The lowest BCUT2D eigenvalue weighted by molar-refractivity contribution is 0.199. The van der Waals surface area contributed by atoms with Crippen LogP contribution >= 0.6 is 11.6 Å². The molecule has 1 unspecified atom stereocenters. The van der Waals surface area contributed by atoms with Crippen LogP contribution in [0.1, 0.15) is 24.7 Å². The van der Waals surface area contributed by atoms with Crippen LogP contribution in [0.2, 0.25) is 5.02 Å². The summed E-state index contributed by atoms with van der Waals surface area (Å²) in [5.74, 6) is 2.34. The zero-order chi connectivity index (χ0) is 21.2. The SMILES string of the molecule is CCC(CNC(=NC)NCc1nccn1Cc1ccccc1)Oc1ccccc1Cl. The van der Waals surface area contributed by atoms with Crippen molar-refractivity contribution >= 4 is 17.6 Å². The van der Waals surface area contributed by atoms with Gasteiger partial charge in [0, 0.05) is 26.0 Å². The second kappa shape index (κ2) is 11.3. The molecule has 0 aliphatic heterocycles. The first-order valence-corrected chi connectivity index (χ1v) is 10.5. The summed E-state index contributed by atoms with van der Waals surface area (Å²) in [6, 6.07) is 17.9. The van der Waals surface area contributed by atoms with E-state index in [-0.39, 0.29) is 6.10 Å². The van der Waals surface area contributed by atoms with E-state index < -0.39 is 0 Å². The average Bonchev–Trinajstić information content (AvgIpc) is 3.21. The highest BCUT2D eigenvalue weighted by Crippen LogP contribution is 2.24. The molecule has 7 heteroatoms. The average molecular weight is 426 g/mol. The highest BCUT2D eigenvalue weighted by atomic mass is 35.5. The summed E-state index contributed by atoms with van der Waals surface area (Å²) in [4.78, 5) is 8.78. The second-order valence-corrected chi connectivity index (χ2v) is 7.25. The molecular formula is C23H28ClN5O. The number of ether oxygens (including phenoxy) is 1. The van der Waals surface area contributed by atoms with E-state index in [2.05, 4.69) is 44.2 Å². The summed E-state index contributed by atoms with van der Waals surface area (Å²) in [7, 11) is 1.75. The van der Waals surface area contributed by atoms with Crippen LogP contribution in [-0.2, 0) is 13.1 Å². The Kier molecular flexibility index (Phi) is 8.15. The minimum Gasteiger partial charge on any atom is -0.487 e. The highest BCUT2D eigenvalue weighted by molar-refractivity contribution is 6.32. The molecule has 158 valence electrons. The van der Waals surface area contributed by atoms with Crippen molar-refractivity contribution in [1.82, 2.24) is 20.2 Å². The van der Waals surface area contributed by atoms with Gasteiger partial charge in [-0.05, 0) is 24.1 Å². The van der Waals surface area contributed by atoms with Gasteiger partial charge in [0.1, 0.15) is 17.7 Å². The molecule has 0 saturated heterocycles. The van der Waals surface area contributed by atoms with Crippen LogP contribution in [0.5, 0.6) is 5.75 Å². The predicted molar refractivity (Wildman–Crippen MR) is 122 cm³/mol. The molecule has 0 radical (unpaired) electrons. The fourth-order valence-electron chi connectivity index (χ4n) is 3.01. The van der Waals surface area contributed by atoms with Crippen LogP contribution in [0.4, 0.5) is 0 Å². The van der Waals surface area contributed by atoms with Crippen LogP contribution in [0.3, 0.4) is 0 Å². The molecule has 3 aromatic rings. The van der Waals surface area contributed by atoms with E-state index in [1.165, 1.54) is 5.56 Å². The lowest BCUT2D eigenvalue weighted by Crippen LogP contribution is -2.42. The largest absolute Gasteiger partial charge is 0.487 e. The number of benzene rings is 2. The molecule has 0 aliphatic carbocycles. The van der Waals surface area contributed by atoms with Crippen molar-refractivity contribution in [3.63, 3.8) is 0 Å². The quantitative estimate of drug-likeness (QED) is 0.400. The van der Waals surface area contributed by atoms with Crippen molar-refractivity contribution < 1.29 is 4.74 Å². The molecule has 1 atom stereocenters. The molecule has 2 N–H and O–H groups in total. The Balaban J connectivity index is 1.51. The molecule has 0 fully saturated rings. The Morgan fingerprint density at radius 2 is 1.90 bits per heavy atom. The number of para-hydroxylation sites is 1. The minimum atomic E-state index is -0.0245. The first-order chi connectivity index (χ1) is 14.7. The number of aliphatic imine (C=N–C) groups is 1. The third-order valence-electron chi connectivity index (χ3n) is 4.72. The topological polar surface area (TPSA) is 63.5 Å². The van der Waals surface area contributed by atoms with Crippen molar-refractivity contribution in [3.05, 3.63) is 83.4 Å². The summed E-state index contributed by atoms with van der Waals surface area (Å²) in [5, 5.41) is 7.27. The summed E-state index contributed by atoms with van der Waals surface area (Å²) >= 11 is 6.20. The fraction of sp³-hybridized carbons (Fsp3) is 0.304. The van der Waals surface area contributed by atoms with Crippen LogP contribution < -0.4 is 15.4 Å². The van der Waals surface area contributed by atoms with E-state index in [9.17, 15) is 0 Å². The van der Waals surface area contributed by atoms with Gasteiger partial charge in [0.15, 0.2) is 5.96 Å². The van der Waals surface area contributed by atoms with Gasteiger partial charge in [0.2, 0.25) is 0 Å². The van der Waals surface area contributed by atoms with Crippen LogP contribution in [0, 0.1) is 0 Å². The van der Waals surface area contributed by atoms with Gasteiger partial charge in [-0.2, -0.15) is 0 Å². The molecular weight excluding hydrogens is 398 g/mol. The van der Waals surface area contributed by atoms with Gasteiger partial charge in [0.25, 0.3) is 0 Å². The molecule has 0 aliphatic rings.